The minimum atomic E-state index is 0.234. The van der Waals surface area contributed by atoms with Gasteiger partial charge in [-0.3, -0.25) is 14.6 Å². The van der Waals surface area contributed by atoms with E-state index >= 15 is 0 Å². The standard InChI is InChI=1S/C21H27N3O/c1-22(16-19-8-4-2-5-9-19)18-21(25)24-14-12-23(13-15-24)17-20-10-6-3-7-11-20/h2-11H,12-18H2,1H3. The molecule has 2 aromatic rings. The molecule has 4 heteroatoms. The second-order valence-corrected chi connectivity index (χ2v) is 6.80. The number of hydrogen-bond acceptors (Lipinski definition) is 3. The number of benzene rings is 2. The van der Waals surface area contributed by atoms with Crippen LogP contribution in [-0.4, -0.2) is 60.4 Å². The molecule has 0 bridgehead atoms. The second kappa shape index (κ2) is 8.79. The number of carbonyl (C=O) groups excluding carboxylic acids is 1. The SMILES string of the molecule is CN(CC(=O)N1CCN(Cc2ccccc2)CC1)Cc1ccccc1. The van der Waals surface area contributed by atoms with E-state index in [9.17, 15) is 4.79 Å². The molecular formula is C21H27N3O. The lowest BCUT2D eigenvalue weighted by molar-refractivity contribution is -0.134. The van der Waals surface area contributed by atoms with Gasteiger partial charge >= 0.3 is 0 Å². The van der Waals surface area contributed by atoms with Crippen LogP contribution in [0.5, 0.6) is 0 Å². The molecule has 0 spiro atoms. The maximum Gasteiger partial charge on any atom is 0.236 e. The molecule has 4 nitrogen and oxygen atoms in total. The van der Waals surface area contributed by atoms with Crippen LogP contribution in [0, 0.1) is 0 Å². The van der Waals surface area contributed by atoms with Crippen molar-refractivity contribution in [2.45, 2.75) is 13.1 Å². The van der Waals surface area contributed by atoms with E-state index in [0.29, 0.717) is 6.54 Å². The van der Waals surface area contributed by atoms with Crippen molar-refractivity contribution in [2.24, 2.45) is 0 Å². The van der Waals surface area contributed by atoms with Gasteiger partial charge in [0.05, 0.1) is 6.54 Å². The number of amides is 1. The molecule has 0 radical (unpaired) electrons. The first kappa shape index (κ1) is 17.6. The zero-order valence-electron chi connectivity index (χ0n) is 15.0. The summed E-state index contributed by atoms with van der Waals surface area (Å²) in [5, 5.41) is 0. The third-order valence-electron chi connectivity index (χ3n) is 4.67. The van der Waals surface area contributed by atoms with Gasteiger partial charge in [-0.15, -0.1) is 0 Å². The molecule has 25 heavy (non-hydrogen) atoms. The summed E-state index contributed by atoms with van der Waals surface area (Å²) in [6.45, 7) is 5.80. The Morgan fingerprint density at radius 3 is 2.04 bits per heavy atom. The van der Waals surface area contributed by atoms with Crippen LogP contribution < -0.4 is 0 Å². The molecule has 1 heterocycles. The molecule has 3 rings (SSSR count). The Labute approximate surface area is 150 Å². The maximum atomic E-state index is 12.5. The van der Waals surface area contributed by atoms with Crippen LogP contribution in [0.15, 0.2) is 60.7 Å². The van der Waals surface area contributed by atoms with Crippen LogP contribution in [0.3, 0.4) is 0 Å². The molecule has 132 valence electrons. The predicted molar refractivity (Wildman–Crippen MR) is 101 cm³/mol. The summed E-state index contributed by atoms with van der Waals surface area (Å²) in [5.41, 5.74) is 2.58. The lowest BCUT2D eigenvalue weighted by Gasteiger charge is -2.35. The molecule has 2 aromatic carbocycles. The maximum absolute atomic E-state index is 12.5. The molecule has 1 saturated heterocycles. The van der Waals surface area contributed by atoms with Crippen LogP contribution in [0.25, 0.3) is 0 Å². The molecule has 1 fully saturated rings. The highest BCUT2D eigenvalue weighted by Crippen LogP contribution is 2.09. The monoisotopic (exact) mass is 337 g/mol. The van der Waals surface area contributed by atoms with Crippen LogP contribution >= 0.6 is 0 Å². The van der Waals surface area contributed by atoms with Gasteiger partial charge in [0.2, 0.25) is 5.91 Å². The van der Waals surface area contributed by atoms with Crippen LogP contribution in [0.2, 0.25) is 0 Å². The quantitative estimate of drug-likeness (QED) is 0.810. The lowest BCUT2D eigenvalue weighted by atomic mass is 10.2. The molecule has 1 aliphatic rings. The van der Waals surface area contributed by atoms with Crippen LogP contribution in [0.1, 0.15) is 11.1 Å². The Hall–Kier alpha value is -2.17. The van der Waals surface area contributed by atoms with Crippen molar-refractivity contribution in [2.75, 3.05) is 39.8 Å². The van der Waals surface area contributed by atoms with Crippen molar-refractivity contribution < 1.29 is 4.79 Å². The molecule has 0 aliphatic carbocycles. The molecule has 0 atom stereocenters. The zero-order chi connectivity index (χ0) is 17.5. The highest BCUT2D eigenvalue weighted by Gasteiger charge is 2.21. The Kier molecular flexibility index (Phi) is 6.20. The summed E-state index contributed by atoms with van der Waals surface area (Å²) in [6.07, 6.45) is 0. The van der Waals surface area contributed by atoms with Gasteiger partial charge < -0.3 is 4.90 Å². The zero-order valence-corrected chi connectivity index (χ0v) is 15.0. The highest BCUT2D eigenvalue weighted by atomic mass is 16.2. The number of nitrogens with zero attached hydrogens (tertiary/aromatic N) is 3. The van der Waals surface area contributed by atoms with Gasteiger partial charge in [0, 0.05) is 39.3 Å². The van der Waals surface area contributed by atoms with Crippen LogP contribution in [0.4, 0.5) is 0 Å². The van der Waals surface area contributed by atoms with Gasteiger partial charge in [0.25, 0.3) is 0 Å². The summed E-state index contributed by atoms with van der Waals surface area (Å²) in [6, 6.07) is 20.8. The summed E-state index contributed by atoms with van der Waals surface area (Å²) in [4.78, 5) is 19.0. The number of hydrogen-bond donors (Lipinski definition) is 0. The Bertz CT molecular complexity index is 651. The molecule has 0 unspecified atom stereocenters. The first-order valence-corrected chi connectivity index (χ1v) is 8.97. The van der Waals surface area contributed by atoms with E-state index in [1.807, 2.05) is 36.2 Å². The summed E-state index contributed by atoms with van der Waals surface area (Å²) < 4.78 is 0. The number of rotatable bonds is 6. The van der Waals surface area contributed by atoms with Crippen LogP contribution in [-0.2, 0) is 17.9 Å². The third-order valence-corrected chi connectivity index (χ3v) is 4.67. The number of piperazine rings is 1. The Morgan fingerprint density at radius 2 is 1.44 bits per heavy atom. The van der Waals surface area contributed by atoms with E-state index in [2.05, 4.69) is 46.2 Å². The van der Waals surface area contributed by atoms with Gasteiger partial charge in [-0.1, -0.05) is 60.7 Å². The smallest absolute Gasteiger partial charge is 0.236 e. The Balaban J connectivity index is 1.42. The molecule has 1 amide bonds. The molecule has 0 N–H and O–H groups in total. The fourth-order valence-electron chi connectivity index (χ4n) is 3.28. The van der Waals surface area contributed by atoms with E-state index in [1.165, 1.54) is 11.1 Å². The van der Waals surface area contributed by atoms with Gasteiger partial charge in [0.15, 0.2) is 0 Å². The minimum absolute atomic E-state index is 0.234. The normalized spacial score (nSPS) is 15.5. The second-order valence-electron chi connectivity index (χ2n) is 6.80. The van der Waals surface area contributed by atoms with E-state index in [1.54, 1.807) is 0 Å². The highest BCUT2D eigenvalue weighted by molar-refractivity contribution is 5.78. The third kappa shape index (κ3) is 5.41. The fraction of sp³-hybridized carbons (Fsp3) is 0.381. The van der Waals surface area contributed by atoms with Gasteiger partial charge in [-0.2, -0.15) is 0 Å². The van der Waals surface area contributed by atoms with Gasteiger partial charge in [-0.25, -0.2) is 0 Å². The number of likely N-dealkylation sites (N-methyl/N-ethyl adjacent to an activating group) is 1. The average Bonchev–Trinajstić information content (AvgIpc) is 2.64. The molecule has 0 aromatic heterocycles. The van der Waals surface area contributed by atoms with E-state index in [4.69, 9.17) is 0 Å². The average molecular weight is 337 g/mol. The predicted octanol–water partition coefficient (Wildman–Crippen LogP) is 2.46. The van der Waals surface area contributed by atoms with E-state index < -0.39 is 0 Å². The van der Waals surface area contributed by atoms with Crippen molar-refractivity contribution in [3.8, 4) is 0 Å². The molecular weight excluding hydrogens is 310 g/mol. The van der Waals surface area contributed by atoms with Gasteiger partial charge in [0.1, 0.15) is 0 Å². The fourth-order valence-corrected chi connectivity index (χ4v) is 3.28. The first-order valence-electron chi connectivity index (χ1n) is 8.97. The van der Waals surface area contributed by atoms with Gasteiger partial charge in [-0.05, 0) is 18.2 Å². The van der Waals surface area contributed by atoms with Crippen molar-refractivity contribution in [3.63, 3.8) is 0 Å². The van der Waals surface area contributed by atoms with Crippen molar-refractivity contribution in [1.29, 1.82) is 0 Å². The first-order chi connectivity index (χ1) is 12.2. The van der Waals surface area contributed by atoms with Crippen molar-refractivity contribution in [1.82, 2.24) is 14.7 Å². The summed E-state index contributed by atoms with van der Waals surface area (Å²) in [7, 11) is 2.01. The molecule has 1 aliphatic heterocycles. The largest absolute Gasteiger partial charge is 0.339 e. The topological polar surface area (TPSA) is 26.8 Å². The lowest BCUT2D eigenvalue weighted by Crippen LogP contribution is -2.50. The number of carbonyl (C=O) groups is 1. The van der Waals surface area contributed by atoms with E-state index in [0.717, 1.165) is 39.3 Å². The summed E-state index contributed by atoms with van der Waals surface area (Å²) >= 11 is 0. The van der Waals surface area contributed by atoms with Crippen molar-refractivity contribution >= 4 is 5.91 Å². The van der Waals surface area contributed by atoms with E-state index in [-0.39, 0.29) is 5.91 Å². The van der Waals surface area contributed by atoms with Crippen molar-refractivity contribution in [3.05, 3.63) is 71.8 Å². The summed E-state index contributed by atoms with van der Waals surface area (Å²) in [5.74, 6) is 0.234. The molecule has 0 saturated carbocycles. The Morgan fingerprint density at radius 1 is 0.880 bits per heavy atom. The minimum Gasteiger partial charge on any atom is -0.339 e.